The highest BCUT2D eigenvalue weighted by Crippen LogP contribution is 2.42. The van der Waals surface area contributed by atoms with Gasteiger partial charge in [0.1, 0.15) is 0 Å². The molecular weight excluding hydrogens is 266 g/mol. The molecule has 1 aliphatic carbocycles. The van der Waals surface area contributed by atoms with E-state index in [1.54, 1.807) is 0 Å². The minimum atomic E-state index is -0.00685. The van der Waals surface area contributed by atoms with E-state index in [1.165, 1.54) is 49.0 Å². The average molecular weight is 295 g/mol. The Kier molecular flexibility index (Phi) is 6.06. The van der Waals surface area contributed by atoms with Crippen molar-refractivity contribution in [2.45, 2.75) is 70.9 Å². The number of aryl methyl sites for hydroxylation is 1. The minimum Gasteiger partial charge on any atom is -0.373 e. The molecule has 1 aliphatic rings. The van der Waals surface area contributed by atoms with E-state index in [-0.39, 0.29) is 5.60 Å². The number of thiophene rings is 1. The van der Waals surface area contributed by atoms with E-state index in [4.69, 9.17) is 4.74 Å². The topological polar surface area (TPSA) is 21.3 Å². The lowest BCUT2D eigenvalue weighted by Gasteiger charge is -2.41. The van der Waals surface area contributed by atoms with Gasteiger partial charge < -0.3 is 10.1 Å². The minimum absolute atomic E-state index is 0.00685. The van der Waals surface area contributed by atoms with Crippen LogP contribution >= 0.6 is 11.3 Å². The first kappa shape index (κ1) is 16.0. The second kappa shape index (κ2) is 7.58. The van der Waals surface area contributed by atoms with Crippen molar-refractivity contribution >= 4 is 11.3 Å². The number of ether oxygens (including phenoxy) is 1. The normalized spacial score (nSPS) is 20.6. The molecule has 0 radical (unpaired) electrons. The summed E-state index contributed by atoms with van der Waals surface area (Å²) in [7, 11) is 0. The summed E-state index contributed by atoms with van der Waals surface area (Å²) in [6.45, 7) is 8.38. The van der Waals surface area contributed by atoms with Crippen LogP contribution in [0.3, 0.4) is 0 Å². The van der Waals surface area contributed by atoms with Crippen molar-refractivity contribution in [3.63, 3.8) is 0 Å². The molecule has 0 bridgehead atoms. The van der Waals surface area contributed by atoms with Gasteiger partial charge in [-0.15, -0.1) is 11.3 Å². The Bertz CT molecular complexity index is 393. The Morgan fingerprint density at radius 3 is 2.45 bits per heavy atom. The molecule has 1 unspecified atom stereocenters. The van der Waals surface area contributed by atoms with Crippen molar-refractivity contribution in [2.75, 3.05) is 13.2 Å². The van der Waals surface area contributed by atoms with Gasteiger partial charge in [0.05, 0.1) is 11.6 Å². The molecule has 1 fully saturated rings. The van der Waals surface area contributed by atoms with E-state index in [9.17, 15) is 0 Å². The van der Waals surface area contributed by atoms with Gasteiger partial charge in [0.2, 0.25) is 0 Å². The van der Waals surface area contributed by atoms with Gasteiger partial charge >= 0.3 is 0 Å². The van der Waals surface area contributed by atoms with Crippen LogP contribution in [0.2, 0.25) is 0 Å². The third-order valence-electron chi connectivity index (χ3n) is 4.53. The Morgan fingerprint density at radius 2 is 1.95 bits per heavy atom. The lowest BCUT2D eigenvalue weighted by Crippen LogP contribution is -2.46. The first-order valence-electron chi connectivity index (χ1n) is 8.15. The summed E-state index contributed by atoms with van der Waals surface area (Å²) < 4.78 is 6.39. The highest BCUT2D eigenvalue weighted by molar-refractivity contribution is 7.10. The summed E-state index contributed by atoms with van der Waals surface area (Å²) in [5.41, 5.74) is 1.44. The van der Waals surface area contributed by atoms with Crippen LogP contribution in [-0.2, 0) is 4.74 Å². The third-order valence-corrected chi connectivity index (χ3v) is 5.39. The predicted molar refractivity (Wildman–Crippen MR) is 87.5 cm³/mol. The molecule has 114 valence electrons. The molecule has 0 spiro atoms. The Balaban J connectivity index is 2.33. The molecule has 2 rings (SSSR count). The van der Waals surface area contributed by atoms with Gasteiger partial charge in [0.15, 0.2) is 0 Å². The molecule has 1 atom stereocenters. The van der Waals surface area contributed by atoms with Crippen molar-refractivity contribution < 1.29 is 4.74 Å². The quantitative estimate of drug-likeness (QED) is 0.758. The Hall–Kier alpha value is -0.380. The van der Waals surface area contributed by atoms with Crippen LogP contribution in [0.5, 0.6) is 0 Å². The summed E-state index contributed by atoms with van der Waals surface area (Å²) in [5, 5.41) is 5.94. The summed E-state index contributed by atoms with van der Waals surface area (Å²) in [5.74, 6) is 0. The highest BCUT2D eigenvalue weighted by Gasteiger charge is 2.41. The smallest absolute Gasteiger partial charge is 0.0876 e. The van der Waals surface area contributed by atoms with Crippen LogP contribution in [-0.4, -0.2) is 18.8 Å². The molecule has 0 aliphatic heterocycles. The van der Waals surface area contributed by atoms with Crippen LogP contribution in [0.25, 0.3) is 0 Å². The summed E-state index contributed by atoms with van der Waals surface area (Å²) >= 11 is 1.85. The van der Waals surface area contributed by atoms with Gasteiger partial charge in [-0.05, 0) is 50.2 Å². The Morgan fingerprint density at radius 1 is 1.25 bits per heavy atom. The van der Waals surface area contributed by atoms with Crippen molar-refractivity contribution in [3.05, 3.63) is 21.9 Å². The molecule has 1 aromatic heterocycles. The van der Waals surface area contributed by atoms with Gasteiger partial charge in [-0.3, -0.25) is 0 Å². The monoisotopic (exact) mass is 295 g/mol. The molecule has 2 nitrogen and oxygen atoms in total. The van der Waals surface area contributed by atoms with E-state index >= 15 is 0 Å². The number of rotatable bonds is 6. The van der Waals surface area contributed by atoms with E-state index < -0.39 is 0 Å². The fourth-order valence-corrected chi connectivity index (χ4v) is 4.35. The molecule has 3 heteroatoms. The second-order valence-corrected chi connectivity index (χ2v) is 6.96. The third kappa shape index (κ3) is 3.44. The maximum absolute atomic E-state index is 6.39. The van der Waals surface area contributed by atoms with Crippen molar-refractivity contribution in [3.8, 4) is 0 Å². The van der Waals surface area contributed by atoms with E-state index in [2.05, 4.69) is 37.5 Å². The number of hydrogen-bond donors (Lipinski definition) is 1. The summed E-state index contributed by atoms with van der Waals surface area (Å²) in [6, 6.07) is 2.63. The number of nitrogens with one attached hydrogen (secondary N) is 1. The van der Waals surface area contributed by atoms with Crippen LogP contribution in [0, 0.1) is 6.92 Å². The van der Waals surface area contributed by atoms with Crippen LogP contribution < -0.4 is 5.32 Å². The highest BCUT2D eigenvalue weighted by atomic mass is 32.1. The van der Waals surface area contributed by atoms with Crippen molar-refractivity contribution in [1.29, 1.82) is 0 Å². The molecule has 1 aromatic rings. The molecule has 0 amide bonds. The van der Waals surface area contributed by atoms with E-state index in [0.29, 0.717) is 6.04 Å². The zero-order chi connectivity index (χ0) is 14.4. The molecular formula is C17H29NOS. The fraction of sp³-hybridized carbons (Fsp3) is 0.765. The van der Waals surface area contributed by atoms with Crippen LogP contribution in [0.1, 0.15) is 68.9 Å². The molecule has 1 saturated carbocycles. The van der Waals surface area contributed by atoms with E-state index in [1.807, 2.05) is 11.3 Å². The van der Waals surface area contributed by atoms with Gasteiger partial charge in [0, 0.05) is 11.5 Å². The van der Waals surface area contributed by atoms with Gasteiger partial charge in [-0.25, -0.2) is 0 Å². The molecule has 20 heavy (non-hydrogen) atoms. The first-order chi connectivity index (χ1) is 9.73. The van der Waals surface area contributed by atoms with Crippen LogP contribution in [0.4, 0.5) is 0 Å². The molecule has 0 saturated heterocycles. The number of hydrogen-bond acceptors (Lipinski definition) is 3. The largest absolute Gasteiger partial charge is 0.373 e. The zero-order valence-electron chi connectivity index (χ0n) is 13.2. The van der Waals surface area contributed by atoms with E-state index in [0.717, 1.165) is 13.2 Å². The molecule has 0 aromatic carbocycles. The predicted octanol–water partition coefficient (Wildman–Crippen LogP) is 4.84. The number of likely N-dealkylation sites (N-methyl/N-ethyl adjacent to an activating group) is 1. The lowest BCUT2D eigenvalue weighted by atomic mass is 9.82. The van der Waals surface area contributed by atoms with Gasteiger partial charge in [-0.2, -0.15) is 0 Å². The van der Waals surface area contributed by atoms with Gasteiger partial charge in [0.25, 0.3) is 0 Å². The maximum atomic E-state index is 6.39. The maximum Gasteiger partial charge on any atom is 0.0876 e. The summed E-state index contributed by atoms with van der Waals surface area (Å²) in [6.07, 6.45) is 7.68. The SMILES string of the molecule is CCNC(c1ccsc1C)C1(OCC)CCCCCC1. The molecule has 1 N–H and O–H groups in total. The lowest BCUT2D eigenvalue weighted by molar-refractivity contribution is -0.0779. The average Bonchev–Trinajstić information content (AvgIpc) is 2.72. The van der Waals surface area contributed by atoms with Crippen molar-refractivity contribution in [1.82, 2.24) is 5.32 Å². The summed E-state index contributed by atoms with van der Waals surface area (Å²) in [4.78, 5) is 1.43. The first-order valence-corrected chi connectivity index (χ1v) is 9.03. The van der Waals surface area contributed by atoms with Gasteiger partial charge in [-0.1, -0.05) is 32.6 Å². The zero-order valence-corrected chi connectivity index (χ0v) is 14.0. The van der Waals surface area contributed by atoms with Crippen LogP contribution in [0.15, 0.2) is 11.4 Å². The molecule has 1 heterocycles. The van der Waals surface area contributed by atoms with Crippen molar-refractivity contribution in [2.24, 2.45) is 0 Å². The fourth-order valence-electron chi connectivity index (χ4n) is 3.61. The standard InChI is InChI=1S/C17H29NOS/c1-4-18-16(15-10-13-20-14(15)3)17(19-5-2)11-8-6-7-9-12-17/h10,13,16,18H,4-9,11-12H2,1-3H3. The second-order valence-electron chi connectivity index (χ2n) is 5.83. The Labute approximate surface area is 127 Å².